The van der Waals surface area contributed by atoms with Crippen molar-refractivity contribution in [2.24, 2.45) is 5.41 Å². The van der Waals surface area contributed by atoms with Crippen LogP contribution in [0, 0.1) is 16.7 Å². The van der Waals surface area contributed by atoms with Crippen molar-refractivity contribution < 1.29 is 13.2 Å². The van der Waals surface area contributed by atoms with Gasteiger partial charge in [-0.05, 0) is 44.0 Å². The van der Waals surface area contributed by atoms with Crippen LogP contribution in [0.5, 0.6) is 5.75 Å². The van der Waals surface area contributed by atoms with E-state index in [-0.39, 0.29) is 16.9 Å². The van der Waals surface area contributed by atoms with E-state index in [4.69, 9.17) is 27.9 Å². The Labute approximate surface area is 235 Å². The Kier molecular flexibility index (Phi) is 6.41. The Morgan fingerprint density at radius 2 is 1.95 bits per heavy atom. The highest BCUT2D eigenvalue weighted by atomic mass is 35.5. The number of nitrogens with one attached hydrogen (secondary N) is 1. The largest absolute Gasteiger partial charge is 0.486 e. The van der Waals surface area contributed by atoms with Gasteiger partial charge in [0.05, 0.1) is 32.6 Å². The van der Waals surface area contributed by atoms with E-state index in [9.17, 15) is 13.7 Å². The molecule has 5 heterocycles. The first-order chi connectivity index (χ1) is 18.7. The number of H-pyrrole nitrogens is 1. The number of pyridine rings is 2. The number of halogens is 2. The van der Waals surface area contributed by atoms with Gasteiger partial charge in [-0.2, -0.15) is 10.4 Å². The molecule has 1 atom stereocenters. The van der Waals surface area contributed by atoms with Crippen molar-refractivity contribution in [2.45, 2.75) is 25.9 Å². The molecule has 3 aromatic heterocycles. The summed E-state index contributed by atoms with van der Waals surface area (Å²) in [6.07, 6.45) is 5.89. The fourth-order valence-electron chi connectivity index (χ4n) is 5.72. The molecular formula is C27H24Cl2N6O3S. The minimum absolute atomic E-state index is 0.207. The van der Waals surface area contributed by atoms with E-state index in [0.29, 0.717) is 63.5 Å². The summed E-state index contributed by atoms with van der Waals surface area (Å²) >= 11 is 12.6. The number of nitriles is 1. The van der Waals surface area contributed by atoms with Gasteiger partial charge < -0.3 is 9.64 Å². The van der Waals surface area contributed by atoms with Crippen LogP contribution < -0.4 is 9.64 Å². The number of benzene rings is 1. The molecule has 0 saturated carbocycles. The van der Waals surface area contributed by atoms with Crippen LogP contribution >= 0.6 is 23.2 Å². The second-order valence-electron chi connectivity index (χ2n) is 10.3. The maximum absolute atomic E-state index is 12.2. The molecule has 0 aliphatic carbocycles. The van der Waals surface area contributed by atoms with Crippen LogP contribution in [0.25, 0.3) is 22.2 Å². The first-order valence-corrected chi connectivity index (χ1v) is 15.0. The van der Waals surface area contributed by atoms with E-state index in [1.165, 1.54) is 12.4 Å². The van der Waals surface area contributed by atoms with Gasteiger partial charge in [0.2, 0.25) is 0 Å². The molecule has 12 heteroatoms. The minimum Gasteiger partial charge on any atom is -0.486 e. The molecule has 1 spiro atoms. The van der Waals surface area contributed by atoms with Gasteiger partial charge in [0, 0.05) is 53.6 Å². The van der Waals surface area contributed by atoms with Crippen molar-refractivity contribution in [1.82, 2.24) is 20.2 Å². The van der Waals surface area contributed by atoms with Crippen molar-refractivity contribution in [2.75, 3.05) is 29.5 Å². The average molecular weight is 584 g/mol. The molecule has 2 fully saturated rings. The number of ether oxygens (including phenoxy) is 1. The molecule has 2 aliphatic rings. The van der Waals surface area contributed by atoms with Gasteiger partial charge in [-0.15, -0.1) is 0 Å². The van der Waals surface area contributed by atoms with E-state index in [2.05, 4.69) is 26.2 Å². The lowest BCUT2D eigenvalue weighted by Gasteiger charge is -2.52. The summed E-state index contributed by atoms with van der Waals surface area (Å²) < 4.78 is 30.5. The Morgan fingerprint density at radius 1 is 1.18 bits per heavy atom. The summed E-state index contributed by atoms with van der Waals surface area (Å²) in [7, 11) is -3.01. The Bertz CT molecular complexity index is 1720. The highest BCUT2D eigenvalue weighted by molar-refractivity contribution is 7.91. The number of rotatable bonds is 5. The molecule has 200 valence electrons. The average Bonchev–Trinajstić information content (AvgIpc) is 3.29. The standard InChI is InChI=1S/C27H24Cl2N6O3S/c1-16(24-21(28)11-31-12-22(24)29)38-19-3-4-23-20(8-19)25(34-33-23)18-7-17(9-30)26(32-10-18)35-13-27(14-35)5-2-6-39(36,37)15-27/h3-4,7-8,10-12,16H,2,5-6,13-15H2,1H3,(H,33,34). The van der Waals surface area contributed by atoms with E-state index >= 15 is 0 Å². The minimum atomic E-state index is -3.01. The lowest BCUT2D eigenvalue weighted by atomic mass is 9.77. The van der Waals surface area contributed by atoms with Gasteiger partial charge in [-0.1, -0.05) is 23.2 Å². The van der Waals surface area contributed by atoms with Crippen LogP contribution in [0.3, 0.4) is 0 Å². The lowest BCUT2D eigenvalue weighted by molar-refractivity contribution is 0.216. The Hall–Kier alpha value is -3.39. The number of hydrogen-bond donors (Lipinski definition) is 1. The van der Waals surface area contributed by atoms with E-state index in [1.807, 2.05) is 30.0 Å². The molecule has 6 rings (SSSR count). The van der Waals surface area contributed by atoms with Gasteiger partial charge in [0.25, 0.3) is 0 Å². The van der Waals surface area contributed by atoms with Crippen LogP contribution in [0.4, 0.5) is 5.82 Å². The topological polar surface area (TPSA) is 125 Å². The van der Waals surface area contributed by atoms with E-state index < -0.39 is 15.9 Å². The monoisotopic (exact) mass is 582 g/mol. The van der Waals surface area contributed by atoms with Crippen molar-refractivity contribution >= 4 is 49.8 Å². The van der Waals surface area contributed by atoms with Gasteiger partial charge in [-0.25, -0.2) is 13.4 Å². The van der Waals surface area contributed by atoms with Gasteiger partial charge >= 0.3 is 0 Å². The van der Waals surface area contributed by atoms with Crippen molar-refractivity contribution in [3.8, 4) is 23.1 Å². The summed E-state index contributed by atoms with van der Waals surface area (Å²) in [4.78, 5) is 10.6. The first kappa shape index (κ1) is 25.9. The third-order valence-corrected chi connectivity index (χ3v) is 10.0. The smallest absolute Gasteiger partial charge is 0.151 e. The predicted octanol–water partition coefficient (Wildman–Crippen LogP) is 5.35. The number of aromatic nitrogens is 4. The zero-order chi connectivity index (χ0) is 27.4. The number of aromatic amines is 1. The normalized spacial score (nSPS) is 18.5. The van der Waals surface area contributed by atoms with Crippen LogP contribution in [0.2, 0.25) is 10.0 Å². The van der Waals surface area contributed by atoms with E-state index in [1.54, 1.807) is 12.3 Å². The Morgan fingerprint density at radius 3 is 2.67 bits per heavy atom. The highest BCUT2D eigenvalue weighted by Gasteiger charge is 2.48. The SMILES string of the molecule is CC(Oc1ccc2[nH]nc(-c3cnc(N4CC5(CCCS(=O)(=O)C5)C4)c(C#N)c3)c2c1)c1c(Cl)cncc1Cl. The molecule has 0 bridgehead atoms. The van der Waals surface area contributed by atoms with Gasteiger partial charge in [0.15, 0.2) is 9.84 Å². The quantitative estimate of drug-likeness (QED) is 0.333. The van der Waals surface area contributed by atoms with E-state index in [0.717, 1.165) is 17.3 Å². The maximum atomic E-state index is 12.2. The van der Waals surface area contributed by atoms with Crippen molar-refractivity contribution in [3.05, 3.63) is 64.0 Å². The first-order valence-electron chi connectivity index (χ1n) is 12.5. The summed E-state index contributed by atoms with van der Waals surface area (Å²) in [6, 6.07) is 9.60. The van der Waals surface area contributed by atoms with Crippen molar-refractivity contribution in [3.63, 3.8) is 0 Å². The van der Waals surface area contributed by atoms with Crippen LogP contribution in [-0.4, -0.2) is 53.2 Å². The zero-order valence-electron chi connectivity index (χ0n) is 21.0. The summed E-state index contributed by atoms with van der Waals surface area (Å²) in [5.41, 5.74) is 2.95. The molecule has 4 aromatic rings. The van der Waals surface area contributed by atoms with Crippen molar-refractivity contribution in [1.29, 1.82) is 5.26 Å². The molecular weight excluding hydrogens is 559 g/mol. The number of hydrogen-bond acceptors (Lipinski definition) is 8. The molecule has 1 unspecified atom stereocenters. The summed E-state index contributed by atoms with van der Waals surface area (Å²) in [5.74, 6) is 1.64. The second-order valence-corrected chi connectivity index (χ2v) is 13.3. The molecule has 9 nitrogen and oxygen atoms in total. The van der Waals surface area contributed by atoms with Gasteiger partial charge in [-0.3, -0.25) is 10.1 Å². The number of nitrogens with zero attached hydrogens (tertiary/aromatic N) is 5. The zero-order valence-corrected chi connectivity index (χ0v) is 23.3. The molecule has 2 aliphatic heterocycles. The second kappa shape index (κ2) is 9.66. The number of sulfone groups is 1. The maximum Gasteiger partial charge on any atom is 0.151 e. The molecule has 0 radical (unpaired) electrons. The van der Waals surface area contributed by atoms with Gasteiger partial charge in [0.1, 0.15) is 29.4 Å². The third kappa shape index (κ3) is 4.80. The molecule has 1 aromatic carbocycles. The summed E-state index contributed by atoms with van der Waals surface area (Å²) in [6.45, 7) is 3.03. The lowest BCUT2D eigenvalue weighted by Crippen LogP contribution is -2.61. The van der Waals surface area contributed by atoms with Crippen LogP contribution in [0.15, 0.2) is 42.9 Å². The molecule has 1 N–H and O–H groups in total. The number of fused-ring (bicyclic) bond motifs is 1. The third-order valence-electron chi connectivity index (χ3n) is 7.45. The predicted molar refractivity (Wildman–Crippen MR) is 150 cm³/mol. The molecule has 0 amide bonds. The molecule has 39 heavy (non-hydrogen) atoms. The molecule has 2 saturated heterocycles. The summed E-state index contributed by atoms with van der Waals surface area (Å²) in [5, 5.41) is 19.1. The number of anilines is 1. The fraction of sp³-hybridized carbons (Fsp3) is 0.333. The van der Waals surface area contributed by atoms with Crippen LogP contribution in [-0.2, 0) is 9.84 Å². The Balaban J connectivity index is 1.26. The fourth-order valence-corrected chi connectivity index (χ4v) is 8.38. The van der Waals surface area contributed by atoms with Crippen LogP contribution in [0.1, 0.15) is 37.0 Å². The highest BCUT2D eigenvalue weighted by Crippen LogP contribution is 2.43.